The number of furan rings is 1. The summed E-state index contributed by atoms with van der Waals surface area (Å²) in [6, 6.07) is 64.1. The van der Waals surface area contributed by atoms with Gasteiger partial charge in [-0.3, -0.25) is 0 Å². The maximum Gasteiger partial charge on any atom is 0.145 e. The van der Waals surface area contributed by atoms with Crippen molar-refractivity contribution >= 4 is 70.5 Å². The summed E-state index contributed by atoms with van der Waals surface area (Å²) in [6.45, 7) is 4.70. The monoisotopic (exact) mass is 709 g/mol. The molecule has 3 heteroatoms. The molecule has 0 radical (unpaired) electrons. The molecule has 1 aliphatic carbocycles. The zero-order chi connectivity index (χ0) is 36.0. The predicted octanol–water partition coefficient (Wildman–Crippen LogP) is 15.1. The van der Waals surface area contributed by atoms with Gasteiger partial charge in [-0.25, -0.2) is 0 Å². The van der Waals surface area contributed by atoms with E-state index in [9.17, 15) is 0 Å². The summed E-state index contributed by atoms with van der Waals surface area (Å²) in [5.41, 5.74) is 14.9. The van der Waals surface area contributed by atoms with Crippen LogP contribution in [0.1, 0.15) is 25.0 Å². The summed E-state index contributed by atoms with van der Waals surface area (Å²) in [4.78, 5) is 2.42. The molecule has 0 atom stereocenters. The first-order valence-electron chi connectivity index (χ1n) is 18.6. The number of nitrogens with zero attached hydrogens (tertiary/aromatic N) is 1. The summed E-state index contributed by atoms with van der Waals surface area (Å²) < 4.78 is 9.40. The van der Waals surface area contributed by atoms with Crippen molar-refractivity contribution in [3.8, 4) is 33.4 Å². The SMILES string of the molecule is CC1(C)c2ccccc2-c2ccc(N(c3ccc(-c4ccc5sc6ccccc6c5c4)cc3)c3ccc4c(oc5ccccc54)c3-c3ccccc3)cc21. The Hall–Kier alpha value is -6.42. The largest absolute Gasteiger partial charge is 0.455 e. The van der Waals surface area contributed by atoms with Gasteiger partial charge in [0.25, 0.3) is 0 Å². The lowest BCUT2D eigenvalue weighted by atomic mass is 9.82. The van der Waals surface area contributed by atoms with E-state index in [2.05, 4.69) is 189 Å². The van der Waals surface area contributed by atoms with Crippen LogP contribution in [0.4, 0.5) is 17.1 Å². The quantitative estimate of drug-likeness (QED) is 0.177. The highest BCUT2D eigenvalue weighted by Gasteiger charge is 2.36. The standard InChI is InChI=1S/C51H35NOS/c1-51(2)43-17-9-6-14-37(43)38-26-25-36(31-44(38)51)52(35-23-20-32(21-24-35)34-22-29-48-42(30-34)40-16-8-11-19-47(40)54-48)45-28-27-41-39-15-7-10-18-46(39)53-50(41)49(45)33-12-4-3-5-13-33/h3-31H,1-2H3. The van der Waals surface area contributed by atoms with Crippen LogP contribution in [-0.2, 0) is 5.41 Å². The Morgan fingerprint density at radius 3 is 2.02 bits per heavy atom. The molecule has 1 aliphatic rings. The van der Waals surface area contributed by atoms with Crippen molar-refractivity contribution in [2.45, 2.75) is 19.3 Å². The van der Waals surface area contributed by atoms with Crippen LogP contribution in [0.3, 0.4) is 0 Å². The maximum absolute atomic E-state index is 6.76. The molecule has 0 unspecified atom stereocenters. The molecule has 11 rings (SSSR count). The minimum absolute atomic E-state index is 0.132. The number of hydrogen-bond acceptors (Lipinski definition) is 3. The third kappa shape index (κ3) is 4.65. The van der Waals surface area contributed by atoms with E-state index in [1.54, 1.807) is 0 Å². The highest BCUT2D eigenvalue weighted by atomic mass is 32.1. The van der Waals surface area contributed by atoms with Gasteiger partial charge >= 0.3 is 0 Å². The molecule has 0 amide bonds. The molecule has 54 heavy (non-hydrogen) atoms. The molecule has 2 heterocycles. The van der Waals surface area contributed by atoms with Crippen molar-refractivity contribution in [1.82, 2.24) is 0 Å². The number of hydrogen-bond donors (Lipinski definition) is 0. The molecule has 0 fully saturated rings. The molecular formula is C51H35NOS. The fraction of sp³-hybridized carbons (Fsp3) is 0.0588. The van der Waals surface area contributed by atoms with Crippen molar-refractivity contribution in [3.05, 3.63) is 187 Å². The lowest BCUT2D eigenvalue weighted by Gasteiger charge is -2.30. The average molecular weight is 710 g/mol. The van der Waals surface area contributed by atoms with Gasteiger partial charge in [-0.05, 0) is 99.6 Å². The number of fused-ring (bicyclic) bond motifs is 9. The molecule has 0 N–H and O–H groups in total. The first kappa shape index (κ1) is 31.1. The topological polar surface area (TPSA) is 16.4 Å². The van der Waals surface area contributed by atoms with Crippen molar-refractivity contribution in [2.24, 2.45) is 0 Å². The van der Waals surface area contributed by atoms with Gasteiger partial charge in [0.15, 0.2) is 0 Å². The van der Waals surface area contributed by atoms with E-state index in [-0.39, 0.29) is 5.41 Å². The van der Waals surface area contributed by atoms with Gasteiger partial charge in [0.2, 0.25) is 0 Å². The van der Waals surface area contributed by atoms with Gasteiger partial charge in [0, 0.05) is 53.3 Å². The van der Waals surface area contributed by atoms with Gasteiger partial charge in [-0.2, -0.15) is 0 Å². The fourth-order valence-corrected chi connectivity index (χ4v) is 9.90. The van der Waals surface area contributed by atoms with Crippen LogP contribution in [0.5, 0.6) is 0 Å². The van der Waals surface area contributed by atoms with Crippen LogP contribution in [-0.4, -0.2) is 0 Å². The highest BCUT2D eigenvalue weighted by molar-refractivity contribution is 7.25. The Labute approximate surface area is 318 Å². The second-order valence-corrected chi connectivity index (χ2v) is 16.0. The van der Waals surface area contributed by atoms with E-state index < -0.39 is 0 Å². The van der Waals surface area contributed by atoms with Crippen LogP contribution < -0.4 is 4.90 Å². The minimum atomic E-state index is -0.132. The second kappa shape index (κ2) is 11.8. The number of para-hydroxylation sites is 1. The molecule has 2 aromatic heterocycles. The van der Waals surface area contributed by atoms with Gasteiger partial charge in [-0.1, -0.05) is 129 Å². The van der Waals surface area contributed by atoms with Gasteiger partial charge < -0.3 is 9.32 Å². The van der Waals surface area contributed by atoms with Crippen molar-refractivity contribution in [2.75, 3.05) is 4.90 Å². The molecule has 8 aromatic carbocycles. The molecule has 0 bridgehead atoms. The van der Waals surface area contributed by atoms with Crippen molar-refractivity contribution in [3.63, 3.8) is 0 Å². The summed E-state index contributed by atoms with van der Waals surface area (Å²) in [5, 5.41) is 4.87. The fourth-order valence-electron chi connectivity index (χ4n) is 8.82. The molecule has 0 saturated carbocycles. The zero-order valence-electron chi connectivity index (χ0n) is 30.0. The third-order valence-corrected chi connectivity index (χ3v) is 12.6. The lowest BCUT2D eigenvalue weighted by molar-refractivity contribution is 0.660. The first-order chi connectivity index (χ1) is 26.5. The summed E-state index contributed by atoms with van der Waals surface area (Å²) in [7, 11) is 0. The smallest absolute Gasteiger partial charge is 0.145 e. The molecule has 0 aliphatic heterocycles. The number of benzene rings is 8. The predicted molar refractivity (Wildman–Crippen MR) is 230 cm³/mol. The molecular weight excluding hydrogens is 675 g/mol. The Morgan fingerprint density at radius 2 is 1.15 bits per heavy atom. The first-order valence-corrected chi connectivity index (χ1v) is 19.4. The van der Waals surface area contributed by atoms with Crippen LogP contribution in [0.15, 0.2) is 180 Å². The average Bonchev–Trinajstić information content (AvgIpc) is 3.86. The van der Waals surface area contributed by atoms with Gasteiger partial charge in [-0.15, -0.1) is 11.3 Å². The summed E-state index contributed by atoms with van der Waals surface area (Å²) >= 11 is 1.86. The van der Waals surface area contributed by atoms with E-state index in [1.165, 1.54) is 53.6 Å². The highest BCUT2D eigenvalue weighted by Crippen LogP contribution is 2.52. The number of thiophene rings is 1. The maximum atomic E-state index is 6.76. The zero-order valence-corrected chi connectivity index (χ0v) is 30.8. The minimum Gasteiger partial charge on any atom is -0.455 e. The third-order valence-electron chi connectivity index (χ3n) is 11.5. The Kier molecular flexibility index (Phi) is 6.80. The molecule has 2 nitrogen and oxygen atoms in total. The number of rotatable bonds is 5. The summed E-state index contributed by atoms with van der Waals surface area (Å²) in [6.07, 6.45) is 0. The van der Waals surface area contributed by atoms with E-state index in [0.717, 1.165) is 50.1 Å². The molecule has 0 saturated heterocycles. The van der Waals surface area contributed by atoms with Crippen LogP contribution >= 0.6 is 11.3 Å². The lowest BCUT2D eigenvalue weighted by Crippen LogP contribution is -2.17. The van der Waals surface area contributed by atoms with E-state index in [0.29, 0.717) is 0 Å². The van der Waals surface area contributed by atoms with Crippen LogP contribution in [0.25, 0.3) is 75.5 Å². The van der Waals surface area contributed by atoms with Crippen molar-refractivity contribution < 1.29 is 4.42 Å². The van der Waals surface area contributed by atoms with Crippen LogP contribution in [0.2, 0.25) is 0 Å². The number of anilines is 3. The molecule has 0 spiro atoms. The second-order valence-electron chi connectivity index (χ2n) is 14.9. The molecule has 256 valence electrons. The Balaban J connectivity index is 1.13. The summed E-state index contributed by atoms with van der Waals surface area (Å²) in [5.74, 6) is 0. The van der Waals surface area contributed by atoms with Gasteiger partial charge in [0.05, 0.1) is 5.69 Å². The van der Waals surface area contributed by atoms with Crippen molar-refractivity contribution in [1.29, 1.82) is 0 Å². The van der Waals surface area contributed by atoms with Gasteiger partial charge in [0.1, 0.15) is 11.2 Å². The Bertz CT molecular complexity index is 3080. The van der Waals surface area contributed by atoms with E-state index >= 15 is 0 Å². The van der Waals surface area contributed by atoms with E-state index in [4.69, 9.17) is 4.42 Å². The molecule has 10 aromatic rings. The normalized spacial score (nSPS) is 13.1. The van der Waals surface area contributed by atoms with Crippen LogP contribution in [0, 0.1) is 0 Å². The Morgan fingerprint density at radius 1 is 0.463 bits per heavy atom. The van der Waals surface area contributed by atoms with E-state index in [1.807, 2.05) is 17.4 Å².